The Morgan fingerprint density at radius 1 is 1.18 bits per heavy atom. The molecule has 0 saturated carbocycles. The molecular weight excluding hydrogens is 226 g/mol. The van der Waals surface area contributed by atoms with Crippen LogP contribution in [0.3, 0.4) is 0 Å². The minimum absolute atomic E-state index is 0.492. The molecule has 92 valence electrons. The van der Waals surface area contributed by atoms with Gasteiger partial charge in [0.15, 0.2) is 0 Å². The van der Waals surface area contributed by atoms with E-state index in [0.29, 0.717) is 6.04 Å². The number of aryl methyl sites for hydroxylation is 2. The summed E-state index contributed by atoms with van der Waals surface area (Å²) in [7, 11) is 2.10. The van der Waals surface area contributed by atoms with E-state index in [1.54, 1.807) is 20.9 Å². The van der Waals surface area contributed by atoms with E-state index in [-0.39, 0.29) is 0 Å². The highest BCUT2D eigenvalue weighted by Crippen LogP contribution is 2.38. The highest BCUT2D eigenvalue weighted by Gasteiger charge is 2.22. The quantitative estimate of drug-likeness (QED) is 0.796. The SMILES string of the molecule is CNC(C1=CCCCC1)c1cc2c(s1)CCC2. The lowest BCUT2D eigenvalue weighted by Gasteiger charge is -2.22. The first-order valence-corrected chi connectivity index (χ1v) is 7.68. The molecule has 1 N–H and O–H groups in total. The van der Waals surface area contributed by atoms with E-state index in [2.05, 4.69) is 24.5 Å². The van der Waals surface area contributed by atoms with Crippen molar-refractivity contribution in [3.8, 4) is 0 Å². The Kier molecular flexibility index (Phi) is 3.34. The van der Waals surface area contributed by atoms with Crippen LogP contribution in [0.4, 0.5) is 0 Å². The lowest BCUT2D eigenvalue weighted by atomic mass is 9.93. The fourth-order valence-corrected chi connectivity index (χ4v) is 4.54. The van der Waals surface area contributed by atoms with Crippen molar-refractivity contribution in [3.05, 3.63) is 33.0 Å². The monoisotopic (exact) mass is 247 g/mol. The summed E-state index contributed by atoms with van der Waals surface area (Å²) in [5.41, 5.74) is 3.25. The van der Waals surface area contributed by atoms with Crippen LogP contribution in [0.5, 0.6) is 0 Å². The first kappa shape index (κ1) is 11.5. The average Bonchev–Trinajstić information content (AvgIpc) is 2.92. The minimum Gasteiger partial charge on any atom is -0.309 e. The molecule has 0 aromatic carbocycles. The van der Waals surface area contributed by atoms with Crippen LogP contribution in [0.2, 0.25) is 0 Å². The third kappa shape index (κ3) is 2.21. The number of fused-ring (bicyclic) bond motifs is 1. The summed E-state index contributed by atoms with van der Waals surface area (Å²) in [5, 5.41) is 3.52. The van der Waals surface area contributed by atoms with E-state index in [1.807, 2.05) is 11.3 Å². The smallest absolute Gasteiger partial charge is 0.0628 e. The van der Waals surface area contributed by atoms with E-state index < -0.39 is 0 Å². The van der Waals surface area contributed by atoms with Crippen molar-refractivity contribution in [1.82, 2.24) is 5.32 Å². The molecule has 0 aliphatic heterocycles. The first-order valence-electron chi connectivity index (χ1n) is 6.86. The van der Waals surface area contributed by atoms with Crippen molar-refractivity contribution in [2.24, 2.45) is 0 Å². The Balaban J connectivity index is 1.86. The Hall–Kier alpha value is -0.600. The molecule has 0 radical (unpaired) electrons. The molecule has 0 amide bonds. The van der Waals surface area contributed by atoms with Crippen molar-refractivity contribution in [2.45, 2.75) is 51.0 Å². The molecule has 2 heteroatoms. The number of hydrogen-bond acceptors (Lipinski definition) is 2. The summed E-state index contributed by atoms with van der Waals surface area (Å²) in [6, 6.07) is 2.95. The second kappa shape index (κ2) is 4.95. The summed E-state index contributed by atoms with van der Waals surface area (Å²) < 4.78 is 0. The van der Waals surface area contributed by atoms with Crippen molar-refractivity contribution in [3.63, 3.8) is 0 Å². The van der Waals surface area contributed by atoms with Crippen LogP contribution in [-0.4, -0.2) is 7.05 Å². The highest BCUT2D eigenvalue weighted by atomic mass is 32.1. The third-order valence-corrected chi connectivity index (χ3v) is 5.34. The topological polar surface area (TPSA) is 12.0 Å². The van der Waals surface area contributed by atoms with Crippen LogP contribution in [0.1, 0.15) is 53.5 Å². The normalized spacial score (nSPS) is 21.1. The molecule has 17 heavy (non-hydrogen) atoms. The maximum atomic E-state index is 3.52. The van der Waals surface area contributed by atoms with E-state index >= 15 is 0 Å². The van der Waals surface area contributed by atoms with Crippen LogP contribution >= 0.6 is 11.3 Å². The van der Waals surface area contributed by atoms with Gasteiger partial charge in [0, 0.05) is 9.75 Å². The molecule has 1 nitrogen and oxygen atoms in total. The molecule has 1 heterocycles. The molecule has 1 atom stereocenters. The number of likely N-dealkylation sites (N-methyl/N-ethyl adjacent to an activating group) is 1. The van der Waals surface area contributed by atoms with Crippen molar-refractivity contribution in [2.75, 3.05) is 7.05 Å². The molecule has 0 bridgehead atoms. The molecule has 2 aliphatic rings. The largest absolute Gasteiger partial charge is 0.309 e. The first-order chi connectivity index (χ1) is 8.38. The maximum Gasteiger partial charge on any atom is 0.0628 e. The zero-order valence-electron chi connectivity index (χ0n) is 10.6. The fraction of sp³-hybridized carbons (Fsp3) is 0.600. The Morgan fingerprint density at radius 2 is 2.12 bits per heavy atom. The minimum atomic E-state index is 0.492. The Labute approximate surface area is 108 Å². The summed E-state index contributed by atoms with van der Waals surface area (Å²) in [4.78, 5) is 3.20. The van der Waals surface area contributed by atoms with Gasteiger partial charge in [-0.3, -0.25) is 0 Å². The second-order valence-electron chi connectivity index (χ2n) is 5.20. The lowest BCUT2D eigenvalue weighted by Crippen LogP contribution is -2.18. The van der Waals surface area contributed by atoms with Crippen LogP contribution in [0, 0.1) is 0 Å². The van der Waals surface area contributed by atoms with E-state index in [1.165, 1.54) is 44.9 Å². The Bertz CT molecular complexity index is 409. The van der Waals surface area contributed by atoms with Gasteiger partial charge in [-0.05, 0) is 63.6 Å². The maximum absolute atomic E-state index is 3.52. The van der Waals surface area contributed by atoms with Gasteiger partial charge in [0.1, 0.15) is 0 Å². The van der Waals surface area contributed by atoms with Gasteiger partial charge < -0.3 is 5.32 Å². The van der Waals surface area contributed by atoms with Crippen molar-refractivity contribution < 1.29 is 0 Å². The number of allylic oxidation sites excluding steroid dienone is 1. The number of thiophene rings is 1. The second-order valence-corrected chi connectivity index (χ2v) is 6.37. The summed E-state index contributed by atoms with van der Waals surface area (Å²) >= 11 is 2.04. The van der Waals surface area contributed by atoms with Crippen LogP contribution in [-0.2, 0) is 12.8 Å². The van der Waals surface area contributed by atoms with Gasteiger partial charge in [-0.25, -0.2) is 0 Å². The average molecular weight is 247 g/mol. The standard InChI is InChI=1S/C15H21NS/c1-16-15(11-6-3-2-4-7-11)14-10-12-8-5-9-13(12)17-14/h6,10,15-16H,2-5,7-9H2,1H3. The predicted octanol–water partition coefficient (Wildman–Crippen LogP) is 4.00. The van der Waals surface area contributed by atoms with Crippen LogP contribution in [0.25, 0.3) is 0 Å². The van der Waals surface area contributed by atoms with Crippen LogP contribution in [0.15, 0.2) is 17.7 Å². The van der Waals surface area contributed by atoms with Crippen molar-refractivity contribution >= 4 is 11.3 Å². The molecule has 2 aliphatic carbocycles. The third-order valence-electron chi connectivity index (χ3n) is 4.04. The summed E-state index contributed by atoms with van der Waals surface area (Å²) in [5.74, 6) is 0. The number of nitrogens with one attached hydrogen (secondary N) is 1. The molecule has 0 saturated heterocycles. The Morgan fingerprint density at radius 3 is 2.82 bits per heavy atom. The summed E-state index contributed by atoms with van der Waals surface area (Å²) in [6.45, 7) is 0. The summed E-state index contributed by atoms with van der Waals surface area (Å²) in [6.07, 6.45) is 11.8. The van der Waals surface area contributed by atoms with Gasteiger partial charge in [0.2, 0.25) is 0 Å². The lowest BCUT2D eigenvalue weighted by molar-refractivity contribution is 0.599. The van der Waals surface area contributed by atoms with Crippen LogP contribution < -0.4 is 5.32 Å². The van der Waals surface area contributed by atoms with E-state index in [4.69, 9.17) is 0 Å². The van der Waals surface area contributed by atoms with E-state index in [0.717, 1.165) is 0 Å². The molecule has 3 rings (SSSR count). The van der Waals surface area contributed by atoms with Gasteiger partial charge in [0.05, 0.1) is 6.04 Å². The van der Waals surface area contributed by atoms with Crippen molar-refractivity contribution in [1.29, 1.82) is 0 Å². The number of rotatable bonds is 3. The molecule has 1 aromatic heterocycles. The van der Waals surface area contributed by atoms with Gasteiger partial charge in [-0.15, -0.1) is 11.3 Å². The highest BCUT2D eigenvalue weighted by molar-refractivity contribution is 7.12. The van der Waals surface area contributed by atoms with Gasteiger partial charge in [-0.2, -0.15) is 0 Å². The van der Waals surface area contributed by atoms with E-state index in [9.17, 15) is 0 Å². The van der Waals surface area contributed by atoms with Gasteiger partial charge >= 0.3 is 0 Å². The predicted molar refractivity (Wildman–Crippen MR) is 74.7 cm³/mol. The van der Waals surface area contributed by atoms with Gasteiger partial charge in [0.25, 0.3) is 0 Å². The molecule has 1 aromatic rings. The molecular formula is C15H21NS. The number of hydrogen-bond donors (Lipinski definition) is 1. The zero-order chi connectivity index (χ0) is 11.7. The molecule has 0 spiro atoms. The fourth-order valence-electron chi connectivity index (χ4n) is 3.13. The molecule has 0 fully saturated rings. The zero-order valence-corrected chi connectivity index (χ0v) is 11.4. The van der Waals surface area contributed by atoms with Gasteiger partial charge in [-0.1, -0.05) is 11.6 Å². The molecule has 1 unspecified atom stereocenters.